The van der Waals surface area contributed by atoms with Crippen molar-refractivity contribution in [1.82, 2.24) is 10.6 Å². The van der Waals surface area contributed by atoms with E-state index in [0.717, 1.165) is 12.8 Å². The van der Waals surface area contributed by atoms with Crippen molar-refractivity contribution >= 4 is 11.8 Å². The van der Waals surface area contributed by atoms with Gasteiger partial charge in [0.05, 0.1) is 0 Å². The van der Waals surface area contributed by atoms with Crippen molar-refractivity contribution in [2.75, 3.05) is 41.5 Å². The standard InChI is InChI=1S/C16H30N2O6/c1-21-15(22-2)7-5-11-17-13(19)9-10-14(20)18-12-6-8-16(23-3)24-4/h9-10,15-16H,5-8,11-12H2,1-4H3,(H,17,19)(H,18,20)/b10-9+. The lowest BCUT2D eigenvalue weighted by molar-refractivity contribution is -0.119. The molecule has 8 heteroatoms. The van der Waals surface area contributed by atoms with Crippen molar-refractivity contribution in [2.45, 2.75) is 38.3 Å². The third kappa shape index (κ3) is 12.0. The highest BCUT2D eigenvalue weighted by Crippen LogP contribution is 2.01. The molecule has 0 rings (SSSR count). The van der Waals surface area contributed by atoms with Gasteiger partial charge in [0.2, 0.25) is 11.8 Å². The second kappa shape index (κ2) is 15.1. The second-order valence-electron chi connectivity index (χ2n) is 5.00. The molecule has 0 aliphatic carbocycles. The van der Waals surface area contributed by atoms with E-state index in [1.165, 1.54) is 12.2 Å². The molecule has 0 aromatic carbocycles. The fourth-order valence-electron chi connectivity index (χ4n) is 1.89. The number of carbonyl (C=O) groups excluding carboxylic acids is 2. The summed E-state index contributed by atoms with van der Waals surface area (Å²) in [5, 5.41) is 5.38. The van der Waals surface area contributed by atoms with Crippen LogP contribution >= 0.6 is 0 Å². The highest BCUT2D eigenvalue weighted by molar-refractivity contribution is 5.96. The molecule has 0 saturated heterocycles. The van der Waals surface area contributed by atoms with Crippen molar-refractivity contribution in [3.63, 3.8) is 0 Å². The molecule has 0 unspecified atom stereocenters. The zero-order valence-corrected chi connectivity index (χ0v) is 15.0. The largest absolute Gasteiger partial charge is 0.356 e. The maximum absolute atomic E-state index is 11.6. The van der Waals surface area contributed by atoms with Crippen LogP contribution < -0.4 is 10.6 Å². The minimum atomic E-state index is -0.310. The third-order valence-corrected chi connectivity index (χ3v) is 3.27. The Morgan fingerprint density at radius 3 is 1.38 bits per heavy atom. The van der Waals surface area contributed by atoms with Gasteiger partial charge in [-0.05, 0) is 12.8 Å². The van der Waals surface area contributed by atoms with Crippen molar-refractivity contribution in [3.05, 3.63) is 12.2 Å². The van der Waals surface area contributed by atoms with E-state index in [0.29, 0.717) is 25.9 Å². The first-order chi connectivity index (χ1) is 11.6. The van der Waals surface area contributed by atoms with Gasteiger partial charge in [0.1, 0.15) is 0 Å². The van der Waals surface area contributed by atoms with E-state index >= 15 is 0 Å². The lowest BCUT2D eigenvalue weighted by atomic mass is 10.3. The third-order valence-electron chi connectivity index (χ3n) is 3.27. The van der Waals surface area contributed by atoms with Crippen molar-refractivity contribution < 1.29 is 28.5 Å². The quantitative estimate of drug-likeness (QED) is 0.271. The first kappa shape index (κ1) is 22.5. The zero-order valence-electron chi connectivity index (χ0n) is 15.0. The molecule has 24 heavy (non-hydrogen) atoms. The monoisotopic (exact) mass is 346 g/mol. The van der Waals surface area contributed by atoms with E-state index < -0.39 is 0 Å². The van der Waals surface area contributed by atoms with Gasteiger partial charge >= 0.3 is 0 Å². The van der Waals surface area contributed by atoms with Crippen LogP contribution in [0.2, 0.25) is 0 Å². The van der Waals surface area contributed by atoms with Gasteiger partial charge in [-0.1, -0.05) is 0 Å². The second-order valence-corrected chi connectivity index (χ2v) is 5.00. The Bertz CT molecular complexity index is 334. The summed E-state index contributed by atoms with van der Waals surface area (Å²) in [6.07, 6.45) is 4.71. The van der Waals surface area contributed by atoms with Crippen LogP contribution in [-0.4, -0.2) is 65.9 Å². The molecule has 0 radical (unpaired) electrons. The van der Waals surface area contributed by atoms with Gasteiger partial charge in [0.15, 0.2) is 12.6 Å². The van der Waals surface area contributed by atoms with Crippen molar-refractivity contribution in [3.8, 4) is 0 Å². The summed E-state index contributed by atoms with van der Waals surface area (Å²) in [7, 11) is 6.27. The van der Waals surface area contributed by atoms with Gasteiger partial charge in [-0.3, -0.25) is 9.59 Å². The summed E-state index contributed by atoms with van der Waals surface area (Å²) in [5.41, 5.74) is 0. The first-order valence-corrected chi connectivity index (χ1v) is 7.92. The number of rotatable bonds is 14. The van der Waals surface area contributed by atoms with Gasteiger partial charge in [-0.2, -0.15) is 0 Å². The molecule has 0 atom stereocenters. The van der Waals surface area contributed by atoms with Gasteiger partial charge < -0.3 is 29.6 Å². The van der Waals surface area contributed by atoms with Gasteiger partial charge in [-0.25, -0.2) is 0 Å². The topological polar surface area (TPSA) is 95.1 Å². The minimum absolute atomic E-state index is 0.265. The Morgan fingerprint density at radius 1 is 0.750 bits per heavy atom. The minimum Gasteiger partial charge on any atom is -0.356 e. The number of carbonyl (C=O) groups is 2. The van der Waals surface area contributed by atoms with E-state index in [1.807, 2.05) is 0 Å². The van der Waals surface area contributed by atoms with Gasteiger partial charge in [0, 0.05) is 66.5 Å². The summed E-state index contributed by atoms with van der Waals surface area (Å²) in [5.74, 6) is -0.620. The van der Waals surface area contributed by atoms with E-state index in [1.54, 1.807) is 28.4 Å². The predicted molar refractivity (Wildman–Crippen MR) is 89.2 cm³/mol. The predicted octanol–water partition coefficient (Wildman–Crippen LogP) is 0.573. The number of hydrogen-bond acceptors (Lipinski definition) is 6. The molecule has 0 bridgehead atoms. The average Bonchev–Trinajstić information content (AvgIpc) is 2.60. The molecule has 0 aromatic rings. The van der Waals surface area contributed by atoms with Crippen LogP contribution in [0.5, 0.6) is 0 Å². The summed E-state index contributed by atoms with van der Waals surface area (Å²) in [6, 6.07) is 0. The number of amides is 2. The van der Waals surface area contributed by atoms with Crippen LogP contribution in [-0.2, 0) is 28.5 Å². The Kier molecular flexibility index (Phi) is 14.1. The molecule has 0 aliphatic heterocycles. The molecule has 0 heterocycles. The van der Waals surface area contributed by atoms with E-state index in [-0.39, 0.29) is 24.4 Å². The molecule has 2 N–H and O–H groups in total. The fraction of sp³-hybridized carbons (Fsp3) is 0.750. The molecular weight excluding hydrogens is 316 g/mol. The van der Waals surface area contributed by atoms with Crippen molar-refractivity contribution in [1.29, 1.82) is 0 Å². The molecule has 0 aromatic heterocycles. The molecule has 2 amide bonds. The van der Waals surface area contributed by atoms with Crippen LogP contribution in [0, 0.1) is 0 Å². The number of nitrogens with one attached hydrogen (secondary N) is 2. The highest BCUT2D eigenvalue weighted by Gasteiger charge is 2.06. The SMILES string of the molecule is COC(CCCNC(=O)/C=C/C(=O)NCCCC(OC)OC)OC. The average molecular weight is 346 g/mol. The Labute approximate surface area is 143 Å². The van der Waals surface area contributed by atoms with Crippen LogP contribution in [0.4, 0.5) is 0 Å². The maximum atomic E-state index is 11.6. The molecule has 8 nitrogen and oxygen atoms in total. The molecular formula is C16H30N2O6. The first-order valence-electron chi connectivity index (χ1n) is 7.92. The van der Waals surface area contributed by atoms with Crippen LogP contribution in [0.3, 0.4) is 0 Å². The maximum Gasteiger partial charge on any atom is 0.244 e. The van der Waals surface area contributed by atoms with Crippen LogP contribution in [0.1, 0.15) is 25.7 Å². The molecule has 0 aliphatic rings. The van der Waals surface area contributed by atoms with E-state index in [4.69, 9.17) is 18.9 Å². The summed E-state index contributed by atoms with van der Waals surface area (Å²) in [6.45, 7) is 0.979. The van der Waals surface area contributed by atoms with Crippen LogP contribution in [0.15, 0.2) is 12.2 Å². The van der Waals surface area contributed by atoms with Crippen LogP contribution in [0.25, 0.3) is 0 Å². The van der Waals surface area contributed by atoms with Gasteiger partial charge in [0.25, 0.3) is 0 Å². The number of ether oxygens (including phenoxy) is 4. The molecule has 140 valence electrons. The van der Waals surface area contributed by atoms with E-state index in [2.05, 4.69) is 10.6 Å². The Balaban J connectivity index is 3.75. The smallest absolute Gasteiger partial charge is 0.244 e. The number of hydrogen-bond donors (Lipinski definition) is 2. The molecule has 0 saturated carbocycles. The Morgan fingerprint density at radius 2 is 1.08 bits per heavy atom. The molecule has 0 fully saturated rings. The summed E-state index contributed by atoms with van der Waals surface area (Å²) >= 11 is 0. The van der Waals surface area contributed by atoms with E-state index in [9.17, 15) is 9.59 Å². The molecule has 0 spiro atoms. The lowest BCUT2D eigenvalue weighted by Gasteiger charge is -2.12. The normalized spacial score (nSPS) is 11.4. The summed E-state index contributed by atoms with van der Waals surface area (Å²) in [4.78, 5) is 23.1. The fourth-order valence-corrected chi connectivity index (χ4v) is 1.89. The summed E-state index contributed by atoms with van der Waals surface area (Å²) < 4.78 is 20.2. The van der Waals surface area contributed by atoms with Crippen molar-refractivity contribution in [2.24, 2.45) is 0 Å². The Hall–Kier alpha value is -1.48. The van der Waals surface area contributed by atoms with Gasteiger partial charge in [-0.15, -0.1) is 0 Å². The number of methoxy groups -OCH3 is 4. The highest BCUT2D eigenvalue weighted by atomic mass is 16.7. The zero-order chi connectivity index (χ0) is 18.2. The lowest BCUT2D eigenvalue weighted by Crippen LogP contribution is -2.26.